The molecule has 2 heterocycles. The van der Waals surface area contributed by atoms with Gasteiger partial charge in [-0.05, 0) is 38.1 Å². The number of aromatic nitrogens is 3. The molecule has 108 valence electrons. The lowest BCUT2D eigenvalue weighted by atomic mass is 10.2. The van der Waals surface area contributed by atoms with Crippen LogP contribution in [-0.2, 0) is 10.0 Å². The zero-order valence-corrected chi connectivity index (χ0v) is 12.4. The molecule has 0 amide bonds. The summed E-state index contributed by atoms with van der Waals surface area (Å²) in [5, 5.41) is 7.84. The number of hydrogen-bond acceptors (Lipinski definition) is 4. The summed E-state index contributed by atoms with van der Waals surface area (Å²) in [6.07, 6.45) is 1.73. The van der Waals surface area contributed by atoms with Gasteiger partial charge >= 0.3 is 0 Å². The molecule has 1 aromatic carbocycles. The van der Waals surface area contributed by atoms with Gasteiger partial charge in [0, 0.05) is 11.9 Å². The molecule has 7 heteroatoms. The number of nitrogens with zero attached hydrogens (tertiary/aromatic N) is 3. The lowest BCUT2D eigenvalue weighted by Gasteiger charge is -2.09. The molecular weight excluding hydrogens is 288 g/mol. The van der Waals surface area contributed by atoms with E-state index in [-0.39, 0.29) is 4.90 Å². The van der Waals surface area contributed by atoms with Gasteiger partial charge in [0.25, 0.3) is 10.0 Å². The number of hydrogen-bond donors (Lipinski definition) is 1. The monoisotopic (exact) mass is 302 g/mol. The molecule has 0 fully saturated rings. The number of benzene rings is 1. The van der Waals surface area contributed by atoms with Gasteiger partial charge in [-0.25, -0.2) is 8.42 Å². The van der Waals surface area contributed by atoms with Gasteiger partial charge in [-0.1, -0.05) is 17.7 Å². The molecule has 0 radical (unpaired) electrons. The van der Waals surface area contributed by atoms with Crippen molar-refractivity contribution < 1.29 is 8.42 Å². The zero-order chi connectivity index (χ0) is 15.0. The lowest BCUT2D eigenvalue weighted by molar-refractivity contribution is 0.601. The minimum Gasteiger partial charge on any atom is -0.286 e. The maximum Gasteiger partial charge on any atom is 0.265 e. The topological polar surface area (TPSA) is 76.4 Å². The first kappa shape index (κ1) is 13.6. The van der Waals surface area contributed by atoms with E-state index in [4.69, 9.17) is 0 Å². The van der Waals surface area contributed by atoms with Crippen molar-refractivity contribution in [1.29, 1.82) is 0 Å². The number of pyridine rings is 1. The quantitative estimate of drug-likeness (QED) is 0.804. The molecule has 0 saturated heterocycles. The summed E-state index contributed by atoms with van der Waals surface area (Å²) in [6, 6.07) is 10.3. The van der Waals surface area contributed by atoms with Crippen LogP contribution in [0.5, 0.6) is 0 Å². The second kappa shape index (κ2) is 4.85. The molecule has 0 bridgehead atoms. The molecule has 0 aliphatic carbocycles. The fraction of sp³-hybridized carbons (Fsp3) is 0.143. The van der Waals surface area contributed by atoms with Crippen molar-refractivity contribution in [3.05, 3.63) is 54.0 Å². The van der Waals surface area contributed by atoms with Crippen LogP contribution in [0.1, 0.15) is 11.4 Å². The highest BCUT2D eigenvalue weighted by Crippen LogP contribution is 2.20. The highest BCUT2D eigenvalue weighted by molar-refractivity contribution is 7.93. The first-order valence-corrected chi connectivity index (χ1v) is 7.85. The van der Waals surface area contributed by atoms with Gasteiger partial charge in [-0.2, -0.15) is 0 Å². The van der Waals surface area contributed by atoms with Crippen molar-refractivity contribution in [2.45, 2.75) is 18.7 Å². The fourth-order valence-electron chi connectivity index (χ4n) is 2.05. The third-order valence-electron chi connectivity index (χ3n) is 3.16. The number of fused-ring (bicyclic) bond motifs is 1. The molecule has 0 aliphatic heterocycles. The second-order valence-electron chi connectivity index (χ2n) is 4.78. The maximum atomic E-state index is 12.5. The third-order valence-corrected chi connectivity index (χ3v) is 4.56. The Morgan fingerprint density at radius 2 is 1.76 bits per heavy atom. The average molecular weight is 302 g/mol. The Balaban J connectivity index is 2.06. The molecule has 3 rings (SSSR count). The minimum atomic E-state index is -3.71. The predicted octanol–water partition coefficient (Wildman–Crippen LogP) is 2.15. The van der Waals surface area contributed by atoms with Crippen LogP contribution >= 0.6 is 0 Å². The van der Waals surface area contributed by atoms with Crippen molar-refractivity contribution >= 4 is 21.4 Å². The van der Waals surface area contributed by atoms with Crippen LogP contribution in [0, 0.1) is 13.8 Å². The van der Waals surface area contributed by atoms with Crippen LogP contribution < -0.4 is 4.72 Å². The summed E-state index contributed by atoms with van der Waals surface area (Å²) in [5.74, 6) is 0.636. The molecule has 0 unspecified atom stereocenters. The Hall–Kier alpha value is -2.41. The van der Waals surface area contributed by atoms with Crippen molar-refractivity contribution in [3.8, 4) is 0 Å². The van der Waals surface area contributed by atoms with E-state index >= 15 is 0 Å². The Bertz CT molecular complexity index is 898. The maximum absolute atomic E-state index is 12.5. The largest absolute Gasteiger partial charge is 0.286 e. The highest BCUT2D eigenvalue weighted by Gasteiger charge is 2.20. The van der Waals surface area contributed by atoms with E-state index < -0.39 is 10.0 Å². The second-order valence-corrected chi connectivity index (χ2v) is 6.44. The van der Waals surface area contributed by atoms with E-state index in [9.17, 15) is 8.42 Å². The zero-order valence-electron chi connectivity index (χ0n) is 11.6. The van der Waals surface area contributed by atoms with Crippen LogP contribution in [0.4, 0.5) is 5.69 Å². The molecule has 21 heavy (non-hydrogen) atoms. The van der Waals surface area contributed by atoms with Crippen molar-refractivity contribution in [1.82, 2.24) is 14.6 Å². The summed E-state index contributed by atoms with van der Waals surface area (Å²) in [6.45, 7) is 3.71. The Kier molecular flexibility index (Phi) is 3.13. The van der Waals surface area contributed by atoms with E-state index in [2.05, 4.69) is 14.9 Å². The molecule has 2 aromatic heterocycles. The molecule has 6 nitrogen and oxygen atoms in total. The van der Waals surface area contributed by atoms with Crippen LogP contribution in [0.15, 0.2) is 47.5 Å². The summed E-state index contributed by atoms with van der Waals surface area (Å²) in [4.78, 5) is 0.103. The number of nitrogens with one attached hydrogen (secondary N) is 1. The summed E-state index contributed by atoms with van der Waals surface area (Å²) >= 11 is 0. The van der Waals surface area contributed by atoms with Gasteiger partial charge in [-0.15, -0.1) is 10.2 Å². The van der Waals surface area contributed by atoms with Crippen LogP contribution in [0.3, 0.4) is 0 Å². The highest BCUT2D eigenvalue weighted by atomic mass is 32.2. The van der Waals surface area contributed by atoms with Crippen molar-refractivity contribution in [2.24, 2.45) is 0 Å². The average Bonchev–Trinajstić information content (AvgIpc) is 2.83. The molecule has 3 aromatic rings. The molecule has 0 aliphatic rings. The Labute approximate surface area is 122 Å². The predicted molar refractivity (Wildman–Crippen MR) is 79.7 cm³/mol. The van der Waals surface area contributed by atoms with Crippen LogP contribution in [-0.4, -0.2) is 23.0 Å². The van der Waals surface area contributed by atoms with E-state index in [0.717, 1.165) is 5.56 Å². The van der Waals surface area contributed by atoms with Gasteiger partial charge < -0.3 is 0 Å². The first-order chi connectivity index (χ1) is 9.97. The van der Waals surface area contributed by atoms with Crippen LogP contribution in [0.25, 0.3) is 5.65 Å². The van der Waals surface area contributed by atoms with Crippen LogP contribution in [0.2, 0.25) is 0 Å². The van der Waals surface area contributed by atoms with Gasteiger partial charge in [0.05, 0.1) is 0 Å². The van der Waals surface area contributed by atoms with Crippen molar-refractivity contribution in [2.75, 3.05) is 4.72 Å². The summed E-state index contributed by atoms with van der Waals surface area (Å²) in [5.41, 5.74) is 1.89. The Morgan fingerprint density at radius 1 is 1.05 bits per heavy atom. The van der Waals surface area contributed by atoms with Gasteiger partial charge in [-0.3, -0.25) is 9.12 Å². The Morgan fingerprint density at radius 3 is 2.48 bits per heavy atom. The number of anilines is 1. The summed E-state index contributed by atoms with van der Waals surface area (Å²) < 4.78 is 29.2. The van der Waals surface area contributed by atoms with Gasteiger partial charge in [0.1, 0.15) is 10.7 Å². The third kappa shape index (κ3) is 2.47. The van der Waals surface area contributed by atoms with Gasteiger partial charge in [0.2, 0.25) is 0 Å². The standard InChI is InChI=1S/C14H14N4O2S/c1-10-5-7-12(8-6-10)17-21(19,20)13-4-3-9-18-11(2)15-16-14(13)18/h3-9,17H,1-2H3. The van der Waals surface area contributed by atoms with Crippen molar-refractivity contribution in [3.63, 3.8) is 0 Å². The minimum absolute atomic E-state index is 0.103. The summed E-state index contributed by atoms with van der Waals surface area (Å²) in [7, 11) is -3.71. The van der Waals surface area contributed by atoms with E-state index in [1.807, 2.05) is 19.1 Å². The SMILES string of the molecule is Cc1ccc(NS(=O)(=O)c2cccn3c(C)nnc23)cc1. The molecule has 0 saturated carbocycles. The number of sulfonamides is 1. The van der Waals surface area contributed by atoms with E-state index in [1.165, 1.54) is 6.07 Å². The van der Waals surface area contributed by atoms with E-state index in [1.54, 1.807) is 35.7 Å². The molecule has 0 spiro atoms. The number of aryl methyl sites for hydroxylation is 2. The molecule has 0 atom stereocenters. The van der Waals surface area contributed by atoms with Gasteiger partial charge in [0.15, 0.2) is 5.65 Å². The smallest absolute Gasteiger partial charge is 0.265 e. The molecular formula is C14H14N4O2S. The normalized spacial score (nSPS) is 11.7. The van der Waals surface area contributed by atoms with E-state index in [0.29, 0.717) is 17.2 Å². The number of rotatable bonds is 3. The molecule has 1 N–H and O–H groups in total. The lowest BCUT2D eigenvalue weighted by Crippen LogP contribution is -2.14. The first-order valence-electron chi connectivity index (χ1n) is 6.37. The fourth-order valence-corrected chi connectivity index (χ4v) is 3.24.